The Labute approximate surface area is 209 Å². The predicted molar refractivity (Wildman–Crippen MR) is 134 cm³/mol. The summed E-state index contributed by atoms with van der Waals surface area (Å²) in [4.78, 5) is 42.0. The minimum atomic E-state index is -0.799. The zero-order chi connectivity index (χ0) is 26.0. The lowest BCUT2D eigenvalue weighted by Gasteiger charge is -2.22. The van der Waals surface area contributed by atoms with Crippen LogP contribution in [0, 0.1) is 10.1 Å². The molecule has 2 heterocycles. The normalized spacial score (nSPS) is 15.3. The fourth-order valence-electron chi connectivity index (χ4n) is 3.91. The van der Waals surface area contributed by atoms with Crippen LogP contribution in [0.25, 0.3) is 11.8 Å². The van der Waals surface area contributed by atoms with Crippen LogP contribution in [0.5, 0.6) is 11.5 Å². The highest BCUT2D eigenvalue weighted by Gasteiger charge is 2.32. The number of hydrogen-bond acceptors (Lipinski definition) is 9. The summed E-state index contributed by atoms with van der Waals surface area (Å²) >= 11 is 1.11. The summed E-state index contributed by atoms with van der Waals surface area (Å²) in [6.07, 6.45) is 1.56. The number of carbonyl (C=O) groups excluding carboxylic acids is 1. The number of nitro groups is 1. The molecule has 4 rings (SSSR count). The number of thiazole rings is 1. The van der Waals surface area contributed by atoms with Crippen molar-refractivity contribution in [3.63, 3.8) is 0 Å². The number of carbonyl (C=O) groups is 1. The molecule has 0 aliphatic carbocycles. The van der Waals surface area contributed by atoms with Crippen LogP contribution < -0.4 is 19.6 Å². The molecule has 0 amide bonds. The number of phenols is 1. The number of aromatic hydroxyl groups is 1. The first kappa shape index (κ1) is 24.9. The molecule has 0 fully saturated rings. The van der Waals surface area contributed by atoms with E-state index >= 15 is 0 Å². The zero-order valence-corrected chi connectivity index (χ0v) is 20.6. The topological polar surface area (TPSA) is 133 Å². The maximum absolute atomic E-state index is 13.3. The van der Waals surface area contributed by atoms with E-state index in [1.165, 1.54) is 22.8 Å². The highest BCUT2D eigenvalue weighted by molar-refractivity contribution is 7.07. The molecule has 1 N–H and O–H groups in total. The number of benzene rings is 2. The SMILES string of the molecule is CCOC(=O)C1=C(C)n2c(s/c(=C\c3cccc([N+](=O)[O-])c3)c2=O)=N[C@@H]1c1ccc(O)c(OCC)c1. The average molecular weight is 510 g/mol. The van der Waals surface area contributed by atoms with Crippen molar-refractivity contribution in [2.75, 3.05) is 13.2 Å². The molecule has 1 atom stereocenters. The molecule has 3 aromatic rings. The van der Waals surface area contributed by atoms with Crippen molar-refractivity contribution in [3.05, 3.63) is 89.0 Å². The summed E-state index contributed by atoms with van der Waals surface area (Å²) in [7, 11) is 0. The number of non-ortho nitro benzene ring substituents is 1. The molecule has 10 nitrogen and oxygen atoms in total. The number of phenolic OH excluding ortho intramolecular Hbond substituents is 1. The maximum Gasteiger partial charge on any atom is 0.338 e. The average Bonchev–Trinajstić information content (AvgIpc) is 3.15. The summed E-state index contributed by atoms with van der Waals surface area (Å²) in [6, 6.07) is 9.86. The van der Waals surface area contributed by atoms with Crippen molar-refractivity contribution in [1.82, 2.24) is 4.57 Å². The highest BCUT2D eigenvalue weighted by Crippen LogP contribution is 2.36. The number of aromatic nitrogens is 1. The van der Waals surface area contributed by atoms with Gasteiger partial charge in [-0.2, -0.15) is 0 Å². The molecule has 0 saturated carbocycles. The van der Waals surface area contributed by atoms with E-state index in [0.717, 1.165) is 11.3 Å². The Balaban J connectivity index is 1.93. The van der Waals surface area contributed by atoms with Crippen LogP contribution in [0.1, 0.15) is 37.9 Å². The van der Waals surface area contributed by atoms with Crippen molar-refractivity contribution >= 4 is 34.8 Å². The number of nitro benzene ring substituents is 1. The van der Waals surface area contributed by atoms with Gasteiger partial charge in [-0.3, -0.25) is 19.5 Å². The number of nitrogens with zero attached hydrogens (tertiary/aromatic N) is 3. The summed E-state index contributed by atoms with van der Waals surface area (Å²) in [5.41, 5.74) is 1.14. The van der Waals surface area contributed by atoms with Gasteiger partial charge in [-0.15, -0.1) is 0 Å². The van der Waals surface area contributed by atoms with Crippen LogP contribution in [0.15, 0.2) is 57.8 Å². The van der Waals surface area contributed by atoms with E-state index in [1.54, 1.807) is 51.1 Å². The van der Waals surface area contributed by atoms with E-state index in [4.69, 9.17) is 14.5 Å². The molecule has 186 valence electrons. The Hall–Kier alpha value is -4.25. The first-order valence-electron chi connectivity index (χ1n) is 11.1. The smallest absolute Gasteiger partial charge is 0.338 e. The fraction of sp³-hybridized carbons (Fsp3) is 0.240. The van der Waals surface area contributed by atoms with E-state index in [0.29, 0.717) is 32.8 Å². The van der Waals surface area contributed by atoms with Crippen molar-refractivity contribution in [3.8, 4) is 11.5 Å². The molecule has 0 spiro atoms. The second kappa shape index (κ2) is 10.2. The lowest BCUT2D eigenvalue weighted by Crippen LogP contribution is -2.35. The molecule has 11 heteroatoms. The molecule has 1 aliphatic heterocycles. The number of fused-ring (bicyclic) bond motifs is 1. The standard InChI is InChI=1S/C25H23N3O7S/c1-4-34-19-13-16(9-10-18(19)29)22-21(24(31)35-5-2)14(3)27-23(30)20(36-25(27)26-22)12-15-7-6-8-17(11-15)28(32)33/h6-13,22,29H,4-5H2,1-3H3/b20-12-/t22-/m1/s1. The van der Waals surface area contributed by atoms with Gasteiger partial charge in [0.25, 0.3) is 11.2 Å². The molecular weight excluding hydrogens is 486 g/mol. The van der Waals surface area contributed by atoms with Gasteiger partial charge < -0.3 is 14.6 Å². The van der Waals surface area contributed by atoms with E-state index in [9.17, 15) is 24.8 Å². The Kier molecular flexibility index (Phi) is 7.02. The van der Waals surface area contributed by atoms with E-state index in [2.05, 4.69) is 0 Å². The minimum absolute atomic E-state index is 0.0448. The van der Waals surface area contributed by atoms with Crippen LogP contribution in [0.3, 0.4) is 0 Å². The molecule has 0 bridgehead atoms. The molecular formula is C25H23N3O7S. The fourth-order valence-corrected chi connectivity index (χ4v) is 4.95. The van der Waals surface area contributed by atoms with Crippen LogP contribution in [-0.2, 0) is 9.53 Å². The van der Waals surface area contributed by atoms with Crippen molar-refractivity contribution < 1.29 is 24.3 Å². The predicted octanol–water partition coefficient (Wildman–Crippen LogP) is 2.92. The largest absolute Gasteiger partial charge is 0.504 e. The Bertz CT molecular complexity index is 1570. The van der Waals surface area contributed by atoms with Gasteiger partial charge in [0.15, 0.2) is 16.3 Å². The summed E-state index contributed by atoms with van der Waals surface area (Å²) < 4.78 is 12.4. The van der Waals surface area contributed by atoms with Gasteiger partial charge >= 0.3 is 5.97 Å². The van der Waals surface area contributed by atoms with Gasteiger partial charge in [-0.25, -0.2) is 9.79 Å². The molecule has 0 radical (unpaired) electrons. The zero-order valence-electron chi connectivity index (χ0n) is 19.8. The third kappa shape index (κ3) is 4.65. The molecule has 1 aromatic heterocycles. The lowest BCUT2D eigenvalue weighted by molar-refractivity contribution is -0.384. The number of hydrogen-bond donors (Lipinski definition) is 1. The van der Waals surface area contributed by atoms with E-state index in [-0.39, 0.29) is 29.4 Å². The van der Waals surface area contributed by atoms with Crippen molar-refractivity contribution in [2.24, 2.45) is 4.99 Å². The lowest BCUT2D eigenvalue weighted by atomic mass is 9.96. The van der Waals surface area contributed by atoms with Gasteiger partial charge in [0.1, 0.15) is 6.04 Å². The minimum Gasteiger partial charge on any atom is -0.504 e. The van der Waals surface area contributed by atoms with E-state index < -0.39 is 22.5 Å². The molecule has 36 heavy (non-hydrogen) atoms. The van der Waals surface area contributed by atoms with Crippen LogP contribution in [0.2, 0.25) is 0 Å². The summed E-state index contributed by atoms with van der Waals surface area (Å²) in [6.45, 7) is 5.59. The van der Waals surface area contributed by atoms with Crippen molar-refractivity contribution in [1.29, 1.82) is 0 Å². The second-order valence-electron chi connectivity index (χ2n) is 7.80. The van der Waals surface area contributed by atoms with Gasteiger partial charge in [-0.05, 0) is 50.1 Å². The van der Waals surface area contributed by atoms with Gasteiger partial charge in [0.05, 0.1) is 28.2 Å². The third-order valence-electron chi connectivity index (χ3n) is 5.52. The second-order valence-corrected chi connectivity index (χ2v) is 8.81. The number of ether oxygens (including phenoxy) is 2. The van der Waals surface area contributed by atoms with Gasteiger partial charge in [-0.1, -0.05) is 29.5 Å². The highest BCUT2D eigenvalue weighted by atomic mass is 32.1. The maximum atomic E-state index is 13.3. The van der Waals surface area contributed by atoms with E-state index in [1.807, 2.05) is 0 Å². The van der Waals surface area contributed by atoms with Gasteiger partial charge in [0.2, 0.25) is 0 Å². The summed E-state index contributed by atoms with van der Waals surface area (Å²) in [5, 5.41) is 21.2. The number of rotatable bonds is 7. The molecule has 0 unspecified atom stereocenters. The Morgan fingerprint density at radius 3 is 2.72 bits per heavy atom. The quantitative estimate of drug-likeness (QED) is 0.294. The Morgan fingerprint density at radius 1 is 1.25 bits per heavy atom. The molecule has 1 aliphatic rings. The van der Waals surface area contributed by atoms with Gasteiger partial charge in [0, 0.05) is 17.8 Å². The first-order chi connectivity index (χ1) is 17.2. The van der Waals surface area contributed by atoms with Crippen LogP contribution >= 0.6 is 11.3 Å². The monoisotopic (exact) mass is 509 g/mol. The summed E-state index contributed by atoms with van der Waals surface area (Å²) in [5.74, 6) is -0.403. The number of allylic oxidation sites excluding steroid dienone is 1. The number of esters is 1. The third-order valence-corrected chi connectivity index (χ3v) is 6.50. The van der Waals surface area contributed by atoms with Crippen LogP contribution in [0.4, 0.5) is 5.69 Å². The van der Waals surface area contributed by atoms with Crippen molar-refractivity contribution in [2.45, 2.75) is 26.8 Å². The molecule has 0 saturated heterocycles. The molecule has 2 aromatic carbocycles. The Morgan fingerprint density at radius 2 is 2.03 bits per heavy atom. The van der Waals surface area contributed by atoms with Crippen LogP contribution in [-0.4, -0.2) is 33.8 Å². The first-order valence-corrected chi connectivity index (χ1v) is 12.0.